The van der Waals surface area contributed by atoms with Crippen LogP contribution in [0.5, 0.6) is 0 Å². The van der Waals surface area contributed by atoms with Crippen LogP contribution in [0.1, 0.15) is 38.5 Å². The van der Waals surface area contributed by atoms with Crippen molar-refractivity contribution in [2.45, 2.75) is 44.1 Å². The molecule has 1 spiro atoms. The van der Waals surface area contributed by atoms with Gasteiger partial charge in [-0.2, -0.15) is 0 Å². The number of nitrogens with one attached hydrogen (secondary N) is 1. The summed E-state index contributed by atoms with van der Waals surface area (Å²) in [5.41, 5.74) is 0.519. The van der Waals surface area contributed by atoms with Crippen LogP contribution in [-0.4, -0.2) is 50.3 Å². The molecule has 0 aromatic rings. The van der Waals surface area contributed by atoms with Crippen molar-refractivity contribution in [3.05, 3.63) is 0 Å². The summed E-state index contributed by atoms with van der Waals surface area (Å²) in [6.45, 7) is 5.82. The lowest BCUT2D eigenvalue weighted by Crippen LogP contribution is -2.59. The number of hydrogen-bond donors (Lipinski definition) is 1. The van der Waals surface area contributed by atoms with Crippen LogP contribution < -0.4 is 5.32 Å². The Bertz CT molecular complexity index is 202. The van der Waals surface area contributed by atoms with Crippen molar-refractivity contribution < 1.29 is 4.74 Å². The fourth-order valence-electron chi connectivity index (χ4n) is 3.31. The van der Waals surface area contributed by atoms with Crippen molar-refractivity contribution in [2.75, 3.05) is 39.9 Å². The summed E-state index contributed by atoms with van der Waals surface area (Å²) in [4.78, 5) is 2.76. The molecule has 2 rings (SSSR count). The van der Waals surface area contributed by atoms with Gasteiger partial charge in [-0.3, -0.25) is 4.90 Å². The molecule has 2 aliphatic rings. The van der Waals surface area contributed by atoms with E-state index in [0.29, 0.717) is 5.54 Å². The van der Waals surface area contributed by atoms with Gasteiger partial charge in [-0.1, -0.05) is 12.8 Å². The van der Waals surface area contributed by atoms with E-state index in [1.807, 2.05) is 0 Å². The molecule has 1 saturated heterocycles. The molecular formula is C13H26N2O. The zero-order chi connectivity index (χ0) is 11.3. The molecule has 2 fully saturated rings. The van der Waals surface area contributed by atoms with Gasteiger partial charge in [-0.15, -0.1) is 0 Å². The fourth-order valence-corrected chi connectivity index (χ4v) is 3.31. The Labute approximate surface area is 99.5 Å². The average Bonchev–Trinajstić information content (AvgIpc) is 2.76. The number of methoxy groups -OCH3 is 1. The Kier molecular flexibility index (Phi) is 4.62. The van der Waals surface area contributed by atoms with Crippen molar-refractivity contribution in [1.29, 1.82) is 0 Å². The van der Waals surface area contributed by atoms with Crippen LogP contribution in [0.15, 0.2) is 0 Å². The first kappa shape index (κ1) is 12.3. The summed E-state index contributed by atoms with van der Waals surface area (Å²) >= 11 is 0. The van der Waals surface area contributed by atoms with E-state index in [9.17, 15) is 0 Å². The standard InChI is InChI=1S/C13H26N2O/c1-16-11-5-4-9-15-10-8-14-12-13(15)6-2-3-7-13/h14H,2-12H2,1H3. The van der Waals surface area contributed by atoms with Gasteiger partial charge < -0.3 is 10.1 Å². The first-order valence-electron chi connectivity index (χ1n) is 6.82. The van der Waals surface area contributed by atoms with E-state index < -0.39 is 0 Å². The predicted octanol–water partition coefficient (Wildman–Crippen LogP) is 1.63. The van der Waals surface area contributed by atoms with E-state index in [-0.39, 0.29) is 0 Å². The molecule has 3 heteroatoms. The highest BCUT2D eigenvalue weighted by Crippen LogP contribution is 2.36. The van der Waals surface area contributed by atoms with E-state index in [4.69, 9.17) is 4.74 Å². The number of ether oxygens (including phenoxy) is 1. The molecule has 16 heavy (non-hydrogen) atoms. The van der Waals surface area contributed by atoms with Crippen LogP contribution in [0.25, 0.3) is 0 Å². The second-order valence-corrected chi connectivity index (χ2v) is 5.30. The minimum Gasteiger partial charge on any atom is -0.385 e. The normalized spacial score (nSPS) is 25.3. The van der Waals surface area contributed by atoms with E-state index in [2.05, 4.69) is 10.2 Å². The molecule has 0 bridgehead atoms. The van der Waals surface area contributed by atoms with Crippen LogP contribution in [0.3, 0.4) is 0 Å². The number of nitrogens with zero attached hydrogens (tertiary/aromatic N) is 1. The molecule has 0 aromatic carbocycles. The molecule has 0 atom stereocenters. The first-order chi connectivity index (χ1) is 7.87. The minimum atomic E-state index is 0.519. The van der Waals surface area contributed by atoms with Gasteiger partial charge in [0.1, 0.15) is 0 Å². The summed E-state index contributed by atoms with van der Waals surface area (Å²) in [6, 6.07) is 0. The molecule has 0 radical (unpaired) electrons. The van der Waals surface area contributed by atoms with Crippen molar-refractivity contribution >= 4 is 0 Å². The molecule has 1 heterocycles. The van der Waals surface area contributed by atoms with Crippen LogP contribution in [0.4, 0.5) is 0 Å². The van der Waals surface area contributed by atoms with Gasteiger partial charge in [0.15, 0.2) is 0 Å². The molecule has 3 nitrogen and oxygen atoms in total. The quantitative estimate of drug-likeness (QED) is 0.721. The maximum Gasteiger partial charge on any atom is 0.0462 e. The lowest BCUT2D eigenvalue weighted by atomic mass is 9.92. The number of piperazine rings is 1. The van der Waals surface area contributed by atoms with Crippen LogP contribution in [0, 0.1) is 0 Å². The van der Waals surface area contributed by atoms with Crippen molar-refractivity contribution in [3.8, 4) is 0 Å². The lowest BCUT2D eigenvalue weighted by molar-refractivity contribution is 0.0607. The highest BCUT2D eigenvalue weighted by Gasteiger charge is 2.40. The predicted molar refractivity (Wildman–Crippen MR) is 66.8 cm³/mol. The monoisotopic (exact) mass is 226 g/mol. The number of hydrogen-bond acceptors (Lipinski definition) is 3. The number of unbranched alkanes of at least 4 members (excludes halogenated alkanes) is 1. The Morgan fingerprint density at radius 1 is 1.25 bits per heavy atom. The van der Waals surface area contributed by atoms with Crippen molar-refractivity contribution in [3.63, 3.8) is 0 Å². The van der Waals surface area contributed by atoms with Gasteiger partial charge in [0.2, 0.25) is 0 Å². The third-order valence-electron chi connectivity index (χ3n) is 4.24. The fraction of sp³-hybridized carbons (Fsp3) is 1.00. The molecule has 1 aliphatic carbocycles. The Hall–Kier alpha value is -0.120. The van der Waals surface area contributed by atoms with Crippen molar-refractivity contribution in [2.24, 2.45) is 0 Å². The second kappa shape index (κ2) is 5.99. The van der Waals surface area contributed by atoms with E-state index >= 15 is 0 Å². The van der Waals surface area contributed by atoms with Gasteiger partial charge in [-0.25, -0.2) is 0 Å². The largest absolute Gasteiger partial charge is 0.385 e. The summed E-state index contributed by atoms with van der Waals surface area (Å²) in [5.74, 6) is 0. The molecule has 1 N–H and O–H groups in total. The SMILES string of the molecule is COCCCCN1CCNCC12CCCC2. The first-order valence-corrected chi connectivity index (χ1v) is 6.82. The summed E-state index contributed by atoms with van der Waals surface area (Å²) in [5, 5.41) is 3.58. The molecule has 0 unspecified atom stereocenters. The maximum absolute atomic E-state index is 5.12. The van der Waals surface area contributed by atoms with Crippen LogP contribution >= 0.6 is 0 Å². The van der Waals surface area contributed by atoms with Crippen LogP contribution in [-0.2, 0) is 4.74 Å². The van der Waals surface area contributed by atoms with Crippen molar-refractivity contribution in [1.82, 2.24) is 10.2 Å². The van der Waals surface area contributed by atoms with E-state index in [1.165, 1.54) is 64.7 Å². The highest BCUT2D eigenvalue weighted by molar-refractivity contribution is 4.99. The third-order valence-corrected chi connectivity index (χ3v) is 4.24. The molecule has 1 aliphatic heterocycles. The zero-order valence-electron chi connectivity index (χ0n) is 10.6. The smallest absolute Gasteiger partial charge is 0.0462 e. The molecular weight excluding hydrogens is 200 g/mol. The Morgan fingerprint density at radius 3 is 2.81 bits per heavy atom. The zero-order valence-corrected chi connectivity index (χ0v) is 10.6. The summed E-state index contributed by atoms with van der Waals surface area (Å²) in [6.07, 6.45) is 8.16. The maximum atomic E-state index is 5.12. The number of rotatable bonds is 5. The minimum absolute atomic E-state index is 0.519. The Morgan fingerprint density at radius 2 is 2.06 bits per heavy atom. The molecule has 0 aromatic heterocycles. The Balaban J connectivity index is 1.80. The summed E-state index contributed by atoms with van der Waals surface area (Å²) in [7, 11) is 1.79. The highest BCUT2D eigenvalue weighted by atomic mass is 16.5. The van der Waals surface area contributed by atoms with Gasteiger partial charge in [0.25, 0.3) is 0 Å². The van der Waals surface area contributed by atoms with Gasteiger partial charge in [0.05, 0.1) is 0 Å². The van der Waals surface area contributed by atoms with Gasteiger partial charge in [-0.05, 0) is 32.2 Å². The topological polar surface area (TPSA) is 24.5 Å². The van der Waals surface area contributed by atoms with E-state index in [0.717, 1.165) is 6.61 Å². The van der Waals surface area contributed by atoms with E-state index in [1.54, 1.807) is 7.11 Å². The lowest BCUT2D eigenvalue weighted by Gasteiger charge is -2.45. The molecule has 0 amide bonds. The third kappa shape index (κ3) is 2.76. The van der Waals surface area contributed by atoms with Gasteiger partial charge >= 0.3 is 0 Å². The average molecular weight is 226 g/mol. The molecule has 94 valence electrons. The molecule has 1 saturated carbocycles. The van der Waals surface area contributed by atoms with Crippen LogP contribution in [0.2, 0.25) is 0 Å². The summed E-state index contributed by atoms with van der Waals surface area (Å²) < 4.78 is 5.12. The van der Waals surface area contributed by atoms with Gasteiger partial charge in [0, 0.05) is 38.9 Å². The second-order valence-electron chi connectivity index (χ2n) is 5.30.